The lowest BCUT2D eigenvalue weighted by atomic mass is 9.95. The number of imidazole rings is 1. The molecule has 0 spiro atoms. The van der Waals surface area contributed by atoms with E-state index >= 15 is 0 Å². The monoisotopic (exact) mass is 278 g/mol. The molecule has 20 heavy (non-hydrogen) atoms. The van der Waals surface area contributed by atoms with Crippen LogP contribution in [0.5, 0.6) is 0 Å². The van der Waals surface area contributed by atoms with E-state index in [4.69, 9.17) is 0 Å². The predicted octanol–water partition coefficient (Wildman–Crippen LogP) is 2.47. The number of nitrogens with one attached hydrogen (secondary N) is 1. The van der Waals surface area contributed by atoms with Crippen LogP contribution in [0.3, 0.4) is 0 Å². The minimum Gasteiger partial charge on any atom is -0.333 e. The van der Waals surface area contributed by atoms with Crippen molar-refractivity contribution < 1.29 is 0 Å². The second kappa shape index (κ2) is 7.23. The molecule has 4 nitrogen and oxygen atoms in total. The lowest BCUT2D eigenvalue weighted by molar-refractivity contribution is 0.167. The Bertz CT molecular complexity index is 383. The van der Waals surface area contributed by atoms with Crippen LogP contribution in [0.1, 0.15) is 52.1 Å². The highest BCUT2D eigenvalue weighted by Gasteiger charge is 2.19. The summed E-state index contributed by atoms with van der Waals surface area (Å²) >= 11 is 0. The predicted molar refractivity (Wildman–Crippen MR) is 84.0 cm³/mol. The molecule has 4 heteroatoms. The van der Waals surface area contributed by atoms with Crippen molar-refractivity contribution in [1.82, 2.24) is 19.8 Å². The van der Waals surface area contributed by atoms with Crippen molar-refractivity contribution in [1.29, 1.82) is 0 Å². The minimum atomic E-state index is 0.598. The Morgan fingerprint density at radius 2 is 1.90 bits per heavy atom. The second-order valence-electron chi connectivity index (χ2n) is 6.46. The molecule has 114 valence electrons. The van der Waals surface area contributed by atoms with Gasteiger partial charge in [-0.15, -0.1) is 0 Å². The molecule has 1 aliphatic rings. The van der Waals surface area contributed by atoms with Gasteiger partial charge < -0.3 is 9.88 Å². The highest BCUT2D eigenvalue weighted by atomic mass is 15.2. The van der Waals surface area contributed by atoms with E-state index in [2.05, 4.69) is 53.7 Å². The van der Waals surface area contributed by atoms with Crippen molar-refractivity contribution in [2.24, 2.45) is 0 Å². The molecule has 1 fully saturated rings. The zero-order chi connectivity index (χ0) is 14.5. The first-order chi connectivity index (χ1) is 9.59. The molecule has 0 aromatic carbocycles. The largest absolute Gasteiger partial charge is 0.333 e. The summed E-state index contributed by atoms with van der Waals surface area (Å²) in [6.45, 7) is 13.5. The molecular weight excluding hydrogens is 248 g/mol. The summed E-state index contributed by atoms with van der Waals surface area (Å²) in [4.78, 5) is 6.94. The molecule has 1 aromatic rings. The summed E-state index contributed by atoms with van der Waals surface area (Å²) in [5, 5.41) is 3.44. The molecule has 0 radical (unpaired) electrons. The molecule has 2 heterocycles. The molecule has 1 aromatic heterocycles. The fraction of sp³-hybridized carbons (Fsp3) is 0.812. The van der Waals surface area contributed by atoms with Gasteiger partial charge in [0.2, 0.25) is 0 Å². The SMILES string of the molecule is CC(C)N(CCn1cncc1C1CCNCC1)C(C)C. The van der Waals surface area contributed by atoms with Gasteiger partial charge in [0.15, 0.2) is 0 Å². The molecular formula is C16H30N4. The summed E-state index contributed by atoms with van der Waals surface area (Å²) in [5.41, 5.74) is 1.43. The zero-order valence-electron chi connectivity index (χ0n) is 13.5. The number of aromatic nitrogens is 2. The van der Waals surface area contributed by atoms with Gasteiger partial charge in [0.1, 0.15) is 0 Å². The molecule has 0 aliphatic carbocycles. The highest BCUT2D eigenvalue weighted by Crippen LogP contribution is 2.24. The van der Waals surface area contributed by atoms with E-state index < -0.39 is 0 Å². The van der Waals surface area contributed by atoms with Crippen molar-refractivity contribution in [2.45, 2.75) is 65.1 Å². The van der Waals surface area contributed by atoms with E-state index in [0.717, 1.165) is 26.2 Å². The molecule has 0 atom stereocenters. The fourth-order valence-electron chi connectivity index (χ4n) is 3.31. The van der Waals surface area contributed by atoms with Crippen molar-refractivity contribution in [3.05, 3.63) is 18.2 Å². The Balaban J connectivity index is 1.97. The average molecular weight is 278 g/mol. The maximum absolute atomic E-state index is 4.39. The topological polar surface area (TPSA) is 33.1 Å². The van der Waals surface area contributed by atoms with Crippen LogP contribution >= 0.6 is 0 Å². The van der Waals surface area contributed by atoms with Crippen molar-refractivity contribution >= 4 is 0 Å². The summed E-state index contributed by atoms with van der Waals surface area (Å²) in [7, 11) is 0. The molecule has 0 unspecified atom stereocenters. The van der Waals surface area contributed by atoms with Gasteiger partial charge >= 0.3 is 0 Å². The third-order valence-corrected chi connectivity index (χ3v) is 4.43. The van der Waals surface area contributed by atoms with Crippen LogP contribution in [-0.4, -0.2) is 46.2 Å². The normalized spacial score (nSPS) is 17.6. The summed E-state index contributed by atoms with van der Waals surface area (Å²) < 4.78 is 2.37. The standard InChI is InChI=1S/C16H30N4/c1-13(2)20(14(3)4)10-9-19-12-18-11-16(19)15-5-7-17-8-6-15/h11-15,17H,5-10H2,1-4H3. The quantitative estimate of drug-likeness (QED) is 0.868. The molecule has 0 bridgehead atoms. The Hall–Kier alpha value is -0.870. The maximum atomic E-state index is 4.39. The zero-order valence-corrected chi connectivity index (χ0v) is 13.5. The van der Waals surface area contributed by atoms with Gasteiger partial charge in [0.25, 0.3) is 0 Å². The van der Waals surface area contributed by atoms with Gasteiger partial charge in [-0.2, -0.15) is 0 Å². The number of nitrogens with zero attached hydrogens (tertiary/aromatic N) is 3. The molecule has 1 N–H and O–H groups in total. The minimum absolute atomic E-state index is 0.598. The number of piperidine rings is 1. The van der Waals surface area contributed by atoms with E-state index in [1.807, 2.05) is 6.33 Å². The summed E-state index contributed by atoms with van der Waals surface area (Å²) in [6.07, 6.45) is 6.56. The van der Waals surface area contributed by atoms with Crippen LogP contribution < -0.4 is 5.32 Å². The lowest BCUT2D eigenvalue weighted by Gasteiger charge is -2.31. The van der Waals surface area contributed by atoms with Crippen LogP contribution in [0, 0.1) is 0 Å². The van der Waals surface area contributed by atoms with Crippen LogP contribution in [0.4, 0.5) is 0 Å². The van der Waals surface area contributed by atoms with Crippen LogP contribution in [0.15, 0.2) is 12.5 Å². The van der Waals surface area contributed by atoms with Gasteiger partial charge in [0, 0.05) is 43.0 Å². The molecule has 1 aliphatic heterocycles. The van der Waals surface area contributed by atoms with Crippen LogP contribution in [-0.2, 0) is 6.54 Å². The molecule has 0 amide bonds. The second-order valence-corrected chi connectivity index (χ2v) is 6.46. The third kappa shape index (κ3) is 3.83. The number of rotatable bonds is 6. The van der Waals surface area contributed by atoms with Gasteiger partial charge in [-0.05, 0) is 53.6 Å². The Kier molecular flexibility index (Phi) is 5.61. The van der Waals surface area contributed by atoms with Crippen molar-refractivity contribution in [3.8, 4) is 0 Å². The Morgan fingerprint density at radius 3 is 2.50 bits per heavy atom. The van der Waals surface area contributed by atoms with Crippen LogP contribution in [0.2, 0.25) is 0 Å². The van der Waals surface area contributed by atoms with Gasteiger partial charge in [-0.3, -0.25) is 4.90 Å². The van der Waals surface area contributed by atoms with Crippen molar-refractivity contribution in [2.75, 3.05) is 19.6 Å². The van der Waals surface area contributed by atoms with E-state index in [0.29, 0.717) is 18.0 Å². The van der Waals surface area contributed by atoms with Crippen LogP contribution in [0.25, 0.3) is 0 Å². The molecule has 2 rings (SSSR count). The van der Waals surface area contributed by atoms with E-state index in [-0.39, 0.29) is 0 Å². The van der Waals surface area contributed by atoms with E-state index in [1.54, 1.807) is 0 Å². The van der Waals surface area contributed by atoms with Gasteiger partial charge in [-0.1, -0.05) is 0 Å². The third-order valence-electron chi connectivity index (χ3n) is 4.43. The van der Waals surface area contributed by atoms with E-state index in [9.17, 15) is 0 Å². The highest BCUT2D eigenvalue weighted by molar-refractivity contribution is 5.07. The first-order valence-corrected chi connectivity index (χ1v) is 8.06. The Labute approximate surface area is 123 Å². The molecule has 0 saturated carbocycles. The number of hydrogen-bond acceptors (Lipinski definition) is 3. The first-order valence-electron chi connectivity index (χ1n) is 8.06. The summed E-state index contributed by atoms with van der Waals surface area (Å²) in [5.74, 6) is 0.685. The molecule has 1 saturated heterocycles. The maximum Gasteiger partial charge on any atom is 0.0948 e. The van der Waals surface area contributed by atoms with Crippen molar-refractivity contribution in [3.63, 3.8) is 0 Å². The Morgan fingerprint density at radius 1 is 1.25 bits per heavy atom. The first kappa shape index (κ1) is 15.5. The van der Waals surface area contributed by atoms with E-state index in [1.165, 1.54) is 18.5 Å². The number of hydrogen-bond donors (Lipinski definition) is 1. The summed E-state index contributed by atoms with van der Waals surface area (Å²) in [6, 6.07) is 1.20. The fourth-order valence-corrected chi connectivity index (χ4v) is 3.31. The van der Waals surface area contributed by atoms with Gasteiger partial charge in [0.05, 0.1) is 6.33 Å². The smallest absolute Gasteiger partial charge is 0.0948 e. The lowest BCUT2D eigenvalue weighted by Crippen LogP contribution is -2.39. The van der Waals surface area contributed by atoms with Gasteiger partial charge in [-0.25, -0.2) is 4.98 Å². The average Bonchev–Trinajstić information content (AvgIpc) is 2.87.